The number of nitrogens with two attached hydrogens (primary N) is 2. The van der Waals surface area contributed by atoms with E-state index < -0.39 is 8.56 Å². The van der Waals surface area contributed by atoms with Crippen molar-refractivity contribution in [1.29, 1.82) is 0 Å². The second-order valence-corrected chi connectivity index (χ2v) is 6.73. The van der Waals surface area contributed by atoms with Crippen LogP contribution in [0.15, 0.2) is 0 Å². The first-order chi connectivity index (χ1) is 6.08. The van der Waals surface area contributed by atoms with E-state index in [1.165, 1.54) is 0 Å². The fourth-order valence-corrected chi connectivity index (χ4v) is 3.29. The van der Waals surface area contributed by atoms with Crippen LogP contribution in [0.1, 0.15) is 19.8 Å². The summed E-state index contributed by atoms with van der Waals surface area (Å²) in [4.78, 5) is 0. The molecular formula is C8H22N2O2Si. The summed E-state index contributed by atoms with van der Waals surface area (Å²) >= 11 is 0. The van der Waals surface area contributed by atoms with Crippen molar-refractivity contribution in [3.05, 3.63) is 0 Å². The molecule has 0 radical (unpaired) electrons. The Morgan fingerprint density at radius 1 is 1.46 bits per heavy atom. The lowest BCUT2D eigenvalue weighted by Gasteiger charge is -2.28. The minimum atomic E-state index is -2.00. The van der Waals surface area contributed by atoms with Crippen LogP contribution < -0.4 is 11.5 Å². The smallest absolute Gasteiger partial charge is 0.335 e. The Balaban J connectivity index is 3.93. The summed E-state index contributed by atoms with van der Waals surface area (Å²) in [5.41, 5.74) is 11.1. The summed E-state index contributed by atoms with van der Waals surface area (Å²) in [5, 5.41) is 0. The third-order valence-electron chi connectivity index (χ3n) is 1.99. The van der Waals surface area contributed by atoms with E-state index in [1.807, 2.05) is 6.55 Å². The van der Waals surface area contributed by atoms with Gasteiger partial charge >= 0.3 is 8.56 Å². The predicted molar refractivity (Wildman–Crippen MR) is 56.5 cm³/mol. The number of hydrogen-bond donors (Lipinski definition) is 2. The fraction of sp³-hybridized carbons (Fsp3) is 1.00. The Morgan fingerprint density at radius 3 is 2.46 bits per heavy atom. The topological polar surface area (TPSA) is 70.5 Å². The second kappa shape index (κ2) is 6.50. The van der Waals surface area contributed by atoms with Crippen molar-refractivity contribution >= 4 is 8.56 Å². The molecule has 0 saturated heterocycles. The molecule has 0 amide bonds. The van der Waals surface area contributed by atoms with Gasteiger partial charge in [0.15, 0.2) is 0 Å². The lowest BCUT2D eigenvalue weighted by molar-refractivity contribution is 0.131. The third-order valence-corrected chi connectivity index (χ3v) is 5.06. The first-order valence-corrected chi connectivity index (χ1v) is 7.29. The summed E-state index contributed by atoms with van der Waals surface area (Å²) < 4.78 is 11.1. The quantitative estimate of drug-likeness (QED) is 0.477. The zero-order valence-corrected chi connectivity index (χ0v) is 9.88. The molecule has 0 aromatic heterocycles. The van der Waals surface area contributed by atoms with Gasteiger partial charge < -0.3 is 20.3 Å². The second-order valence-electron chi connectivity index (χ2n) is 3.32. The molecule has 0 heterocycles. The molecule has 5 heteroatoms. The molecule has 13 heavy (non-hydrogen) atoms. The van der Waals surface area contributed by atoms with Crippen molar-refractivity contribution in [3.63, 3.8) is 0 Å². The van der Waals surface area contributed by atoms with Crippen LogP contribution in [0.5, 0.6) is 0 Å². The van der Waals surface area contributed by atoms with Gasteiger partial charge in [0.1, 0.15) is 0 Å². The molecule has 0 aliphatic rings. The lowest BCUT2D eigenvalue weighted by Crippen LogP contribution is -2.44. The summed E-state index contributed by atoms with van der Waals surface area (Å²) in [5.74, 6) is 0. The van der Waals surface area contributed by atoms with Crippen LogP contribution in [-0.2, 0) is 8.85 Å². The number of hydrogen-bond acceptors (Lipinski definition) is 4. The average Bonchev–Trinajstić information content (AvgIpc) is 2.05. The van der Waals surface area contributed by atoms with Crippen molar-refractivity contribution in [3.8, 4) is 0 Å². The number of rotatable bonds is 7. The van der Waals surface area contributed by atoms with Crippen LogP contribution in [0.3, 0.4) is 0 Å². The van der Waals surface area contributed by atoms with Crippen LogP contribution in [-0.4, -0.2) is 28.4 Å². The SMILES string of the molecule is CCC[Si](C)(OC)OC(N)CCN. The molecule has 4 nitrogen and oxygen atoms in total. The monoisotopic (exact) mass is 206 g/mol. The highest BCUT2D eigenvalue weighted by Gasteiger charge is 2.30. The Labute approximate surface area is 81.8 Å². The van der Waals surface area contributed by atoms with Gasteiger partial charge in [-0.15, -0.1) is 0 Å². The van der Waals surface area contributed by atoms with Gasteiger partial charge in [0.25, 0.3) is 0 Å². The first kappa shape index (κ1) is 13.1. The summed E-state index contributed by atoms with van der Waals surface area (Å²) in [6, 6.07) is 0.974. The van der Waals surface area contributed by atoms with Crippen LogP contribution >= 0.6 is 0 Å². The van der Waals surface area contributed by atoms with Crippen molar-refractivity contribution in [2.45, 2.75) is 38.6 Å². The van der Waals surface area contributed by atoms with Gasteiger partial charge in [-0.25, -0.2) is 0 Å². The first-order valence-electron chi connectivity index (χ1n) is 4.76. The van der Waals surface area contributed by atoms with Gasteiger partial charge in [0.05, 0.1) is 6.23 Å². The van der Waals surface area contributed by atoms with Crippen LogP contribution in [0.4, 0.5) is 0 Å². The van der Waals surface area contributed by atoms with Crippen molar-refractivity contribution in [2.75, 3.05) is 13.7 Å². The lowest BCUT2D eigenvalue weighted by atomic mass is 10.4. The van der Waals surface area contributed by atoms with E-state index in [0.29, 0.717) is 13.0 Å². The summed E-state index contributed by atoms with van der Waals surface area (Å²) in [6.45, 7) is 4.70. The molecule has 0 aromatic rings. The highest BCUT2D eigenvalue weighted by molar-refractivity contribution is 6.66. The molecule has 80 valence electrons. The molecule has 2 unspecified atom stereocenters. The van der Waals surface area contributed by atoms with Crippen LogP contribution in [0.2, 0.25) is 12.6 Å². The van der Waals surface area contributed by atoms with Gasteiger partial charge in [-0.3, -0.25) is 0 Å². The average molecular weight is 206 g/mol. The molecule has 0 spiro atoms. The zero-order chi connectivity index (χ0) is 10.3. The maximum atomic E-state index is 5.73. The molecule has 0 fully saturated rings. The van der Waals surface area contributed by atoms with E-state index in [-0.39, 0.29) is 6.23 Å². The van der Waals surface area contributed by atoms with Gasteiger partial charge in [-0.2, -0.15) is 0 Å². The Morgan fingerprint density at radius 2 is 2.08 bits per heavy atom. The maximum Gasteiger partial charge on any atom is 0.335 e. The highest BCUT2D eigenvalue weighted by Crippen LogP contribution is 2.16. The van der Waals surface area contributed by atoms with E-state index in [2.05, 4.69) is 6.92 Å². The Bertz CT molecular complexity index is 137. The molecule has 0 aliphatic carbocycles. The minimum Gasteiger partial charge on any atom is -0.398 e. The highest BCUT2D eigenvalue weighted by atomic mass is 28.4. The summed E-state index contributed by atoms with van der Waals surface area (Å²) in [7, 11) is -0.313. The van der Waals surface area contributed by atoms with Crippen molar-refractivity contribution < 1.29 is 8.85 Å². The van der Waals surface area contributed by atoms with E-state index in [4.69, 9.17) is 20.3 Å². The minimum absolute atomic E-state index is 0.270. The van der Waals surface area contributed by atoms with Gasteiger partial charge in [0.2, 0.25) is 0 Å². The van der Waals surface area contributed by atoms with E-state index in [0.717, 1.165) is 12.5 Å². The zero-order valence-electron chi connectivity index (χ0n) is 8.88. The molecule has 0 rings (SSSR count). The molecule has 0 aromatic carbocycles. The maximum absolute atomic E-state index is 5.73. The standard InChI is InChI=1S/C8H22N2O2Si/c1-4-7-13(3,11-2)12-8(10)5-6-9/h8H,4-7,9-10H2,1-3H3. The van der Waals surface area contributed by atoms with Gasteiger partial charge in [-0.1, -0.05) is 13.3 Å². The van der Waals surface area contributed by atoms with Gasteiger partial charge in [0, 0.05) is 7.11 Å². The molecule has 0 saturated carbocycles. The van der Waals surface area contributed by atoms with Crippen LogP contribution in [0, 0.1) is 0 Å². The van der Waals surface area contributed by atoms with E-state index in [9.17, 15) is 0 Å². The normalized spacial score (nSPS) is 18.2. The van der Waals surface area contributed by atoms with Crippen molar-refractivity contribution in [1.82, 2.24) is 0 Å². The molecular weight excluding hydrogens is 184 g/mol. The third kappa shape index (κ3) is 5.38. The van der Waals surface area contributed by atoms with Gasteiger partial charge in [-0.05, 0) is 25.6 Å². The van der Waals surface area contributed by atoms with E-state index in [1.54, 1.807) is 7.11 Å². The molecule has 4 N–H and O–H groups in total. The fourth-order valence-electron chi connectivity index (χ4n) is 1.21. The molecule has 0 aliphatic heterocycles. The Kier molecular flexibility index (Phi) is 6.53. The predicted octanol–water partition coefficient (Wildman–Crippen LogP) is 0.765. The van der Waals surface area contributed by atoms with Crippen LogP contribution in [0.25, 0.3) is 0 Å². The molecule has 0 bridgehead atoms. The summed E-state index contributed by atoms with van der Waals surface area (Å²) in [6.07, 6.45) is 1.48. The van der Waals surface area contributed by atoms with Crippen molar-refractivity contribution in [2.24, 2.45) is 11.5 Å². The Hall–Kier alpha value is 0.0569. The van der Waals surface area contributed by atoms with E-state index >= 15 is 0 Å². The molecule has 2 atom stereocenters. The largest absolute Gasteiger partial charge is 0.398 e.